The molecule has 1 heterocycles. The Morgan fingerprint density at radius 1 is 1.47 bits per heavy atom. The van der Waals surface area contributed by atoms with Crippen LogP contribution in [-0.2, 0) is 13.6 Å². The van der Waals surface area contributed by atoms with E-state index in [1.54, 1.807) is 14.2 Å². The molecule has 0 aromatic rings. The monoisotopic (exact) mass is 233 g/mol. The third-order valence-corrected chi connectivity index (χ3v) is 6.26. The molecule has 0 amide bonds. The smallest absolute Gasteiger partial charge is 0.334 e. The van der Waals surface area contributed by atoms with Crippen LogP contribution in [0.4, 0.5) is 0 Å². The van der Waals surface area contributed by atoms with Crippen molar-refractivity contribution in [3.63, 3.8) is 0 Å². The molecular formula is C10H23NO3Si. The van der Waals surface area contributed by atoms with Crippen LogP contribution in [0.15, 0.2) is 0 Å². The summed E-state index contributed by atoms with van der Waals surface area (Å²) < 4.78 is 16.7. The van der Waals surface area contributed by atoms with Gasteiger partial charge in [-0.05, 0) is 18.5 Å². The van der Waals surface area contributed by atoms with Gasteiger partial charge in [-0.25, -0.2) is 0 Å². The average molecular weight is 233 g/mol. The average Bonchev–Trinajstić information content (AvgIpc) is 2.30. The predicted molar refractivity (Wildman–Crippen MR) is 62.2 cm³/mol. The molecule has 0 saturated carbocycles. The van der Waals surface area contributed by atoms with Crippen molar-refractivity contribution >= 4 is 8.56 Å². The first-order valence-corrected chi connectivity index (χ1v) is 8.06. The maximum absolute atomic E-state index is 5.72. The lowest BCUT2D eigenvalue weighted by Crippen LogP contribution is -2.46. The van der Waals surface area contributed by atoms with Crippen molar-refractivity contribution in [2.75, 3.05) is 33.9 Å². The molecule has 1 aliphatic rings. The Morgan fingerprint density at radius 3 is 2.60 bits per heavy atom. The molecule has 1 aliphatic heterocycles. The Bertz CT molecular complexity index is 182. The maximum Gasteiger partial charge on any atom is 0.334 e. The number of hydrogen-bond donors (Lipinski definition) is 1. The first kappa shape index (κ1) is 13.1. The fourth-order valence-electron chi connectivity index (χ4n) is 1.92. The quantitative estimate of drug-likeness (QED) is 0.719. The van der Waals surface area contributed by atoms with E-state index in [1.807, 2.05) is 0 Å². The summed E-state index contributed by atoms with van der Waals surface area (Å²) >= 11 is 0. The zero-order chi connectivity index (χ0) is 11.3. The summed E-state index contributed by atoms with van der Waals surface area (Å²) in [4.78, 5) is 0. The lowest BCUT2D eigenvalue weighted by atomic mass is 10.1. The van der Waals surface area contributed by atoms with Gasteiger partial charge in [0.15, 0.2) is 0 Å². The van der Waals surface area contributed by atoms with E-state index in [-0.39, 0.29) is 0 Å². The molecule has 1 saturated heterocycles. The summed E-state index contributed by atoms with van der Waals surface area (Å²) in [7, 11) is 1.52. The minimum Gasteiger partial charge on any atom is -0.398 e. The van der Waals surface area contributed by atoms with Gasteiger partial charge < -0.3 is 18.9 Å². The van der Waals surface area contributed by atoms with E-state index in [0.717, 1.165) is 25.7 Å². The SMILES string of the molecule is CO[Si](C)(CC(C)C1CNCCO1)OC. The predicted octanol–water partition coefficient (Wildman–Crippen LogP) is 0.976. The molecule has 0 bridgehead atoms. The lowest BCUT2D eigenvalue weighted by Gasteiger charge is -2.33. The van der Waals surface area contributed by atoms with Gasteiger partial charge >= 0.3 is 8.56 Å². The van der Waals surface area contributed by atoms with Gasteiger partial charge in [-0.3, -0.25) is 0 Å². The van der Waals surface area contributed by atoms with E-state index >= 15 is 0 Å². The summed E-state index contributed by atoms with van der Waals surface area (Å²) in [6.07, 6.45) is 0.302. The van der Waals surface area contributed by atoms with Crippen molar-refractivity contribution in [3.05, 3.63) is 0 Å². The molecule has 1 N–H and O–H groups in total. The van der Waals surface area contributed by atoms with Gasteiger partial charge in [0.2, 0.25) is 0 Å². The highest BCUT2D eigenvalue weighted by Crippen LogP contribution is 2.23. The van der Waals surface area contributed by atoms with E-state index in [4.69, 9.17) is 13.6 Å². The van der Waals surface area contributed by atoms with Crippen LogP contribution in [0.1, 0.15) is 6.92 Å². The molecule has 5 heteroatoms. The molecule has 15 heavy (non-hydrogen) atoms. The van der Waals surface area contributed by atoms with Crippen LogP contribution in [0.25, 0.3) is 0 Å². The van der Waals surface area contributed by atoms with Gasteiger partial charge in [0.25, 0.3) is 0 Å². The summed E-state index contributed by atoms with van der Waals surface area (Å²) in [5, 5.41) is 3.35. The minimum atomic E-state index is -1.95. The van der Waals surface area contributed by atoms with E-state index < -0.39 is 8.56 Å². The van der Waals surface area contributed by atoms with Crippen LogP contribution < -0.4 is 5.32 Å². The topological polar surface area (TPSA) is 39.7 Å². The standard InChI is InChI=1S/C10H23NO3Si/c1-9(8-15(4,12-2)13-3)10-7-11-5-6-14-10/h9-11H,5-8H2,1-4H3. The molecule has 1 rings (SSSR count). The Balaban J connectivity index is 2.41. The largest absolute Gasteiger partial charge is 0.398 e. The molecular weight excluding hydrogens is 210 g/mol. The van der Waals surface area contributed by atoms with Gasteiger partial charge in [-0.15, -0.1) is 0 Å². The van der Waals surface area contributed by atoms with Crippen LogP contribution in [0.3, 0.4) is 0 Å². The molecule has 0 aromatic carbocycles. The molecule has 0 aliphatic carbocycles. The number of nitrogens with one attached hydrogen (secondary N) is 1. The highest BCUT2D eigenvalue weighted by molar-refractivity contribution is 6.66. The van der Waals surface area contributed by atoms with Crippen molar-refractivity contribution in [2.45, 2.75) is 25.6 Å². The van der Waals surface area contributed by atoms with Crippen LogP contribution in [0, 0.1) is 5.92 Å². The summed E-state index contributed by atoms with van der Waals surface area (Å²) in [6.45, 7) is 7.03. The molecule has 2 unspecified atom stereocenters. The van der Waals surface area contributed by atoms with E-state index in [9.17, 15) is 0 Å². The second-order valence-electron chi connectivity index (χ2n) is 4.34. The van der Waals surface area contributed by atoms with Gasteiger partial charge in [-0.1, -0.05) is 6.92 Å². The Labute approximate surface area is 93.5 Å². The van der Waals surface area contributed by atoms with Gasteiger partial charge in [0, 0.05) is 27.3 Å². The number of ether oxygens (including phenoxy) is 1. The summed E-state index contributed by atoms with van der Waals surface area (Å²) in [6, 6.07) is 0.979. The molecule has 0 spiro atoms. The van der Waals surface area contributed by atoms with Crippen molar-refractivity contribution < 1.29 is 13.6 Å². The highest BCUT2D eigenvalue weighted by atomic mass is 28.4. The second-order valence-corrected chi connectivity index (χ2v) is 7.83. The summed E-state index contributed by atoms with van der Waals surface area (Å²) in [5.41, 5.74) is 0. The highest BCUT2D eigenvalue weighted by Gasteiger charge is 2.34. The number of morpholine rings is 1. The first-order chi connectivity index (χ1) is 7.11. The molecule has 2 atom stereocenters. The molecule has 0 radical (unpaired) electrons. The Hall–Kier alpha value is 0.0569. The first-order valence-electron chi connectivity index (χ1n) is 5.54. The fourth-order valence-corrected chi connectivity index (χ4v) is 3.85. The Kier molecular flexibility index (Phi) is 5.21. The van der Waals surface area contributed by atoms with E-state index in [0.29, 0.717) is 12.0 Å². The van der Waals surface area contributed by atoms with Crippen LogP contribution in [0.5, 0.6) is 0 Å². The van der Waals surface area contributed by atoms with Gasteiger partial charge in [0.05, 0.1) is 12.7 Å². The van der Waals surface area contributed by atoms with Crippen molar-refractivity contribution in [2.24, 2.45) is 5.92 Å². The van der Waals surface area contributed by atoms with Gasteiger partial charge in [-0.2, -0.15) is 0 Å². The molecule has 0 aromatic heterocycles. The fraction of sp³-hybridized carbons (Fsp3) is 1.00. The normalized spacial score (nSPS) is 25.2. The van der Waals surface area contributed by atoms with E-state index in [1.165, 1.54) is 0 Å². The number of hydrogen-bond acceptors (Lipinski definition) is 4. The third kappa shape index (κ3) is 3.84. The molecule has 90 valence electrons. The maximum atomic E-state index is 5.72. The van der Waals surface area contributed by atoms with Crippen molar-refractivity contribution in [3.8, 4) is 0 Å². The lowest BCUT2D eigenvalue weighted by molar-refractivity contribution is -0.00190. The molecule has 4 nitrogen and oxygen atoms in total. The van der Waals surface area contributed by atoms with Crippen molar-refractivity contribution in [1.29, 1.82) is 0 Å². The zero-order valence-corrected chi connectivity index (χ0v) is 11.2. The van der Waals surface area contributed by atoms with Crippen LogP contribution >= 0.6 is 0 Å². The van der Waals surface area contributed by atoms with Crippen molar-refractivity contribution in [1.82, 2.24) is 5.32 Å². The van der Waals surface area contributed by atoms with E-state index in [2.05, 4.69) is 18.8 Å². The zero-order valence-electron chi connectivity index (χ0n) is 10.2. The minimum absolute atomic E-state index is 0.302. The van der Waals surface area contributed by atoms with Crippen LogP contribution in [-0.4, -0.2) is 48.6 Å². The summed E-state index contributed by atoms with van der Waals surface area (Å²) in [5.74, 6) is 0.481. The number of rotatable bonds is 5. The second kappa shape index (κ2) is 5.96. The van der Waals surface area contributed by atoms with Gasteiger partial charge in [0.1, 0.15) is 0 Å². The molecule has 1 fully saturated rings. The Morgan fingerprint density at radius 2 is 2.13 bits per heavy atom. The van der Waals surface area contributed by atoms with Crippen LogP contribution in [0.2, 0.25) is 12.6 Å². The third-order valence-electron chi connectivity index (χ3n) is 3.15.